The van der Waals surface area contributed by atoms with E-state index in [1.54, 1.807) is 4.90 Å². The monoisotopic (exact) mass is 254 g/mol. The zero-order valence-corrected chi connectivity index (χ0v) is 11.0. The van der Waals surface area contributed by atoms with E-state index in [0.29, 0.717) is 6.54 Å². The summed E-state index contributed by atoms with van der Waals surface area (Å²) in [4.78, 5) is 14.1. The summed E-state index contributed by atoms with van der Waals surface area (Å²) in [6.07, 6.45) is 0.914. The highest BCUT2D eigenvalue weighted by Crippen LogP contribution is 2.16. The number of anilines is 2. The summed E-state index contributed by atoms with van der Waals surface area (Å²) in [6.45, 7) is 2.76. The molecular formula is C16H18N2O. The lowest BCUT2D eigenvalue weighted by Gasteiger charge is -2.22. The van der Waals surface area contributed by atoms with E-state index in [1.807, 2.05) is 60.7 Å². The molecule has 19 heavy (non-hydrogen) atoms. The Balaban J connectivity index is 2.13. The summed E-state index contributed by atoms with van der Waals surface area (Å²) < 4.78 is 0. The van der Waals surface area contributed by atoms with Gasteiger partial charge in [-0.2, -0.15) is 0 Å². The van der Waals surface area contributed by atoms with Gasteiger partial charge in [0.2, 0.25) is 0 Å². The van der Waals surface area contributed by atoms with Crippen LogP contribution in [0.5, 0.6) is 0 Å². The highest BCUT2D eigenvalue weighted by molar-refractivity contribution is 6.01. The van der Waals surface area contributed by atoms with Crippen LogP contribution in [0.4, 0.5) is 16.2 Å². The Morgan fingerprint density at radius 3 is 2.16 bits per heavy atom. The minimum atomic E-state index is -0.0979. The van der Waals surface area contributed by atoms with Crippen LogP contribution in [0.2, 0.25) is 0 Å². The second kappa shape index (κ2) is 6.59. The smallest absolute Gasteiger partial charge is 0.308 e. The number of carbonyl (C=O) groups is 1. The van der Waals surface area contributed by atoms with Gasteiger partial charge in [0.25, 0.3) is 0 Å². The highest BCUT2D eigenvalue weighted by Gasteiger charge is 2.14. The maximum atomic E-state index is 12.3. The third-order valence-corrected chi connectivity index (χ3v) is 2.79. The first-order valence-electron chi connectivity index (χ1n) is 6.50. The molecule has 0 aliphatic rings. The van der Waals surface area contributed by atoms with Crippen molar-refractivity contribution in [2.75, 3.05) is 16.8 Å². The van der Waals surface area contributed by atoms with Crippen molar-refractivity contribution in [3.8, 4) is 0 Å². The molecule has 0 fully saturated rings. The predicted octanol–water partition coefficient (Wildman–Crippen LogP) is 4.14. The van der Waals surface area contributed by atoms with Gasteiger partial charge in [0.15, 0.2) is 0 Å². The van der Waals surface area contributed by atoms with Crippen LogP contribution in [-0.4, -0.2) is 12.6 Å². The van der Waals surface area contributed by atoms with E-state index < -0.39 is 0 Å². The molecular weight excluding hydrogens is 236 g/mol. The fourth-order valence-corrected chi connectivity index (χ4v) is 1.89. The normalized spacial score (nSPS) is 9.95. The number of nitrogens with zero attached hydrogens (tertiary/aromatic N) is 1. The Hall–Kier alpha value is -2.29. The first kappa shape index (κ1) is 13.1. The molecule has 1 N–H and O–H groups in total. The van der Waals surface area contributed by atoms with Gasteiger partial charge < -0.3 is 5.32 Å². The number of amides is 2. The number of benzene rings is 2. The zero-order valence-electron chi connectivity index (χ0n) is 11.0. The average molecular weight is 254 g/mol. The molecule has 0 aromatic heterocycles. The van der Waals surface area contributed by atoms with Gasteiger partial charge in [-0.1, -0.05) is 43.3 Å². The number of hydrogen-bond acceptors (Lipinski definition) is 1. The van der Waals surface area contributed by atoms with Crippen LogP contribution in [0.15, 0.2) is 60.7 Å². The number of para-hydroxylation sites is 2. The SMILES string of the molecule is CCCN(C(=O)Nc1ccccc1)c1ccccc1. The summed E-state index contributed by atoms with van der Waals surface area (Å²) in [5.41, 5.74) is 1.72. The van der Waals surface area contributed by atoms with Crippen molar-refractivity contribution in [3.05, 3.63) is 60.7 Å². The fraction of sp³-hybridized carbons (Fsp3) is 0.188. The van der Waals surface area contributed by atoms with E-state index in [4.69, 9.17) is 0 Å². The predicted molar refractivity (Wildman–Crippen MR) is 79.5 cm³/mol. The molecule has 0 radical (unpaired) electrons. The molecule has 0 atom stereocenters. The molecule has 0 aliphatic carbocycles. The van der Waals surface area contributed by atoms with E-state index >= 15 is 0 Å². The number of nitrogens with one attached hydrogen (secondary N) is 1. The van der Waals surface area contributed by atoms with E-state index in [1.165, 1.54) is 0 Å². The molecule has 3 nitrogen and oxygen atoms in total. The molecule has 0 heterocycles. The molecule has 2 aromatic rings. The van der Waals surface area contributed by atoms with Crippen LogP contribution in [0.3, 0.4) is 0 Å². The molecule has 2 aromatic carbocycles. The number of rotatable bonds is 4. The van der Waals surface area contributed by atoms with E-state index in [9.17, 15) is 4.79 Å². The van der Waals surface area contributed by atoms with Crippen molar-refractivity contribution in [2.24, 2.45) is 0 Å². The Morgan fingerprint density at radius 2 is 1.58 bits per heavy atom. The van der Waals surface area contributed by atoms with Crippen molar-refractivity contribution in [2.45, 2.75) is 13.3 Å². The summed E-state index contributed by atoms with van der Waals surface area (Å²) in [7, 11) is 0. The first-order chi connectivity index (χ1) is 9.31. The third kappa shape index (κ3) is 3.58. The van der Waals surface area contributed by atoms with Gasteiger partial charge in [-0.3, -0.25) is 4.90 Å². The minimum Gasteiger partial charge on any atom is -0.308 e. The topological polar surface area (TPSA) is 32.3 Å². The maximum Gasteiger partial charge on any atom is 0.326 e. The van der Waals surface area contributed by atoms with Crippen molar-refractivity contribution in [1.29, 1.82) is 0 Å². The third-order valence-electron chi connectivity index (χ3n) is 2.79. The van der Waals surface area contributed by atoms with Crippen LogP contribution in [0, 0.1) is 0 Å². The number of carbonyl (C=O) groups excluding carboxylic acids is 1. The zero-order chi connectivity index (χ0) is 13.5. The van der Waals surface area contributed by atoms with Gasteiger partial charge in [-0.15, -0.1) is 0 Å². The Morgan fingerprint density at radius 1 is 1.00 bits per heavy atom. The molecule has 0 saturated carbocycles. The van der Waals surface area contributed by atoms with E-state index in [0.717, 1.165) is 17.8 Å². The number of hydrogen-bond donors (Lipinski definition) is 1. The van der Waals surface area contributed by atoms with E-state index in [-0.39, 0.29) is 6.03 Å². The lowest BCUT2D eigenvalue weighted by Crippen LogP contribution is -2.35. The quantitative estimate of drug-likeness (QED) is 0.874. The van der Waals surface area contributed by atoms with Gasteiger partial charge >= 0.3 is 6.03 Å². The van der Waals surface area contributed by atoms with Gasteiger partial charge in [-0.05, 0) is 30.7 Å². The maximum absolute atomic E-state index is 12.3. The lowest BCUT2D eigenvalue weighted by atomic mass is 10.2. The Labute approximate surface area is 113 Å². The van der Waals surface area contributed by atoms with Gasteiger partial charge in [-0.25, -0.2) is 4.79 Å². The molecule has 2 rings (SSSR count). The van der Waals surface area contributed by atoms with Gasteiger partial charge in [0.05, 0.1) is 0 Å². The lowest BCUT2D eigenvalue weighted by molar-refractivity contribution is 0.257. The largest absolute Gasteiger partial charge is 0.326 e. The number of urea groups is 1. The first-order valence-corrected chi connectivity index (χ1v) is 6.50. The summed E-state index contributed by atoms with van der Waals surface area (Å²) in [5.74, 6) is 0. The molecule has 3 heteroatoms. The fourth-order valence-electron chi connectivity index (χ4n) is 1.89. The Bertz CT molecular complexity index is 511. The molecule has 2 amide bonds. The van der Waals surface area contributed by atoms with Crippen molar-refractivity contribution in [3.63, 3.8) is 0 Å². The summed E-state index contributed by atoms with van der Waals surface area (Å²) in [5, 5.41) is 2.91. The minimum absolute atomic E-state index is 0.0979. The van der Waals surface area contributed by atoms with Crippen molar-refractivity contribution in [1.82, 2.24) is 0 Å². The molecule has 98 valence electrons. The van der Waals surface area contributed by atoms with Crippen LogP contribution >= 0.6 is 0 Å². The van der Waals surface area contributed by atoms with Crippen LogP contribution < -0.4 is 10.2 Å². The molecule has 0 aliphatic heterocycles. The van der Waals surface area contributed by atoms with Crippen molar-refractivity contribution < 1.29 is 4.79 Å². The summed E-state index contributed by atoms with van der Waals surface area (Å²) >= 11 is 0. The van der Waals surface area contributed by atoms with Gasteiger partial charge in [0.1, 0.15) is 0 Å². The van der Waals surface area contributed by atoms with Crippen molar-refractivity contribution >= 4 is 17.4 Å². The standard InChI is InChI=1S/C16H18N2O/c1-2-13-18(15-11-7-4-8-12-15)16(19)17-14-9-5-3-6-10-14/h3-12H,2,13H2,1H3,(H,17,19). The van der Waals surface area contributed by atoms with Gasteiger partial charge in [0, 0.05) is 17.9 Å². The second-order valence-electron chi connectivity index (χ2n) is 4.28. The molecule has 0 saturated heterocycles. The van der Waals surface area contributed by atoms with Crippen LogP contribution in [0.25, 0.3) is 0 Å². The summed E-state index contributed by atoms with van der Waals surface area (Å²) in [6, 6.07) is 19.1. The van der Waals surface area contributed by atoms with Crippen LogP contribution in [0.1, 0.15) is 13.3 Å². The van der Waals surface area contributed by atoms with Crippen LogP contribution in [-0.2, 0) is 0 Å². The van der Waals surface area contributed by atoms with E-state index in [2.05, 4.69) is 12.2 Å². The Kier molecular flexibility index (Phi) is 4.56. The average Bonchev–Trinajstić information content (AvgIpc) is 2.46. The molecule has 0 spiro atoms. The highest BCUT2D eigenvalue weighted by atomic mass is 16.2. The molecule has 0 unspecified atom stereocenters. The second-order valence-corrected chi connectivity index (χ2v) is 4.28. The molecule has 0 bridgehead atoms.